The molecule has 1 aromatic rings. The first-order valence-electron chi connectivity index (χ1n) is 9.36. The smallest absolute Gasteiger partial charge is 0.232 e. The van der Waals surface area contributed by atoms with Crippen LogP contribution in [0.2, 0.25) is 0 Å². The lowest BCUT2D eigenvalue weighted by molar-refractivity contribution is -0.126. The van der Waals surface area contributed by atoms with Crippen molar-refractivity contribution in [2.45, 2.75) is 60.8 Å². The van der Waals surface area contributed by atoms with Gasteiger partial charge in [-0.25, -0.2) is 0 Å². The first kappa shape index (κ1) is 20.3. The monoisotopic (exact) mass is 360 g/mol. The molecular formula is C21H32N2O3. The minimum absolute atomic E-state index is 0.000347. The summed E-state index contributed by atoms with van der Waals surface area (Å²) in [5.41, 5.74) is 1.18. The lowest BCUT2D eigenvalue weighted by atomic mass is 9.90. The van der Waals surface area contributed by atoms with E-state index in [4.69, 9.17) is 4.74 Å². The van der Waals surface area contributed by atoms with E-state index in [1.54, 1.807) is 4.90 Å². The Morgan fingerprint density at radius 3 is 2.46 bits per heavy atom. The zero-order valence-electron chi connectivity index (χ0n) is 16.9. The molecule has 0 fully saturated rings. The third-order valence-electron chi connectivity index (χ3n) is 4.32. The van der Waals surface area contributed by atoms with Crippen molar-refractivity contribution >= 4 is 23.2 Å². The summed E-state index contributed by atoms with van der Waals surface area (Å²) in [7, 11) is 0. The fourth-order valence-corrected chi connectivity index (χ4v) is 2.91. The molecule has 0 saturated heterocycles. The van der Waals surface area contributed by atoms with Crippen LogP contribution in [0.1, 0.15) is 60.8 Å². The number of carbonyl (C=O) groups excluding carboxylic acids is 2. The van der Waals surface area contributed by atoms with E-state index in [1.807, 2.05) is 39.0 Å². The van der Waals surface area contributed by atoms with Gasteiger partial charge >= 0.3 is 0 Å². The number of anilines is 2. The summed E-state index contributed by atoms with van der Waals surface area (Å²) >= 11 is 0. The Balaban J connectivity index is 2.09. The van der Waals surface area contributed by atoms with E-state index in [-0.39, 0.29) is 17.2 Å². The minimum Gasteiger partial charge on any atom is -0.490 e. The van der Waals surface area contributed by atoms with Gasteiger partial charge in [0.1, 0.15) is 12.4 Å². The number of ether oxygens (including phenoxy) is 1. The maximum absolute atomic E-state index is 12.7. The normalized spacial score (nSPS) is 14.5. The maximum Gasteiger partial charge on any atom is 0.232 e. The van der Waals surface area contributed by atoms with Crippen LogP contribution in [0.4, 0.5) is 11.4 Å². The molecule has 1 aliphatic heterocycles. The summed E-state index contributed by atoms with van der Waals surface area (Å²) in [6.45, 7) is 13.3. The van der Waals surface area contributed by atoms with Crippen LogP contribution in [-0.2, 0) is 9.59 Å². The van der Waals surface area contributed by atoms with E-state index >= 15 is 0 Å². The number of hydrogen-bond donors (Lipinski definition) is 1. The molecule has 1 aliphatic rings. The molecule has 0 saturated carbocycles. The van der Waals surface area contributed by atoms with Crippen molar-refractivity contribution in [3.8, 4) is 5.75 Å². The Morgan fingerprint density at radius 1 is 1.15 bits per heavy atom. The Bertz CT molecular complexity index is 669. The lowest BCUT2D eigenvalue weighted by Crippen LogP contribution is -2.44. The predicted molar refractivity (Wildman–Crippen MR) is 106 cm³/mol. The summed E-state index contributed by atoms with van der Waals surface area (Å²) < 4.78 is 5.67. The van der Waals surface area contributed by atoms with Gasteiger partial charge < -0.3 is 15.0 Å². The second-order valence-corrected chi connectivity index (χ2v) is 9.20. The van der Waals surface area contributed by atoms with Crippen molar-refractivity contribution in [3.05, 3.63) is 18.2 Å². The van der Waals surface area contributed by atoms with Gasteiger partial charge in [0, 0.05) is 17.5 Å². The number of nitrogens with one attached hydrogen (secondary N) is 1. The van der Waals surface area contributed by atoms with Gasteiger partial charge in [-0.05, 0) is 36.5 Å². The Morgan fingerprint density at radius 2 is 1.85 bits per heavy atom. The predicted octanol–water partition coefficient (Wildman–Crippen LogP) is 4.61. The molecule has 0 bridgehead atoms. The van der Waals surface area contributed by atoms with Crippen molar-refractivity contribution in [2.75, 3.05) is 23.4 Å². The van der Waals surface area contributed by atoms with E-state index < -0.39 is 5.41 Å². The first-order chi connectivity index (χ1) is 12.0. The van der Waals surface area contributed by atoms with Crippen LogP contribution in [0, 0.1) is 10.8 Å². The molecule has 0 aliphatic carbocycles. The van der Waals surface area contributed by atoms with E-state index in [0.717, 1.165) is 18.5 Å². The summed E-state index contributed by atoms with van der Waals surface area (Å²) in [6.07, 6.45) is 2.36. The van der Waals surface area contributed by atoms with Crippen molar-refractivity contribution in [1.82, 2.24) is 0 Å². The van der Waals surface area contributed by atoms with E-state index in [2.05, 4.69) is 26.1 Å². The third-order valence-corrected chi connectivity index (χ3v) is 4.32. The molecule has 5 nitrogen and oxygen atoms in total. The summed E-state index contributed by atoms with van der Waals surface area (Å²) in [5, 5.41) is 2.94. The second kappa shape index (κ2) is 7.68. The van der Waals surface area contributed by atoms with E-state index in [1.165, 1.54) is 0 Å². The van der Waals surface area contributed by atoms with Crippen LogP contribution in [0.3, 0.4) is 0 Å². The van der Waals surface area contributed by atoms with Crippen LogP contribution < -0.4 is 15.0 Å². The molecule has 2 rings (SSSR count). The van der Waals surface area contributed by atoms with Gasteiger partial charge in [0.2, 0.25) is 11.8 Å². The van der Waals surface area contributed by atoms with Gasteiger partial charge in [-0.1, -0.05) is 41.5 Å². The summed E-state index contributed by atoms with van der Waals surface area (Å²) in [4.78, 5) is 26.7. The van der Waals surface area contributed by atoms with Gasteiger partial charge in [0.15, 0.2) is 0 Å². The van der Waals surface area contributed by atoms with Crippen LogP contribution >= 0.6 is 0 Å². The van der Waals surface area contributed by atoms with E-state index in [0.29, 0.717) is 31.0 Å². The van der Waals surface area contributed by atoms with Crippen molar-refractivity contribution in [2.24, 2.45) is 10.8 Å². The van der Waals surface area contributed by atoms with Gasteiger partial charge in [-0.15, -0.1) is 0 Å². The van der Waals surface area contributed by atoms with Crippen molar-refractivity contribution in [1.29, 1.82) is 0 Å². The summed E-state index contributed by atoms with van der Waals surface area (Å²) in [5.74, 6) is 0.731. The number of benzene rings is 1. The minimum atomic E-state index is -0.471. The number of fused-ring (bicyclic) bond motifs is 1. The molecule has 0 radical (unpaired) electrons. The largest absolute Gasteiger partial charge is 0.490 e. The highest BCUT2D eigenvalue weighted by molar-refractivity contribution is 6.00. The number of carbonyl (C=O) groups is 2. The summed E-state index contributed by atoms with van der Waals surface area (Å²) in [6, 6.07) is 5.48. The fourth-order valence-electron chi connectivity index (χ4n) is 2.91. The Kier molecular flexibility index (Phi) is 5.99. The molecule has 0 aromatic heterocycles. The van der Waals surface area contributed by atoms with Gasteiger partial charge in [0.05, 0.1) is 12.2 Å². The van der Waals surface area contributed by atoms with Gasteiger partial charge in [0.25, 0.3) is 0 Å². The van der Waals surface area contributed by atoms with Crippen LogP contribution in [0.25, 0.3) is 0 Å². The molecular weight excluding hydrogens is 328 g/mol. The molecule has 0 unspecified atom stereocenters. The molecule has 1 aromatic carbocycles. The molecule has 0 spiro atoms. The highest BCUT2D eigenvalue weighted by Gasteiger charge is 2.32. The molecule has 1 N–H and O–H groups in total. The second-order valence-electron chi connectivity index (χ2n) is 9.20. The zero-order chi connectivity index (χ0) is 19.5. The van der Waals surface area contributed by atoms with Crippen LogP contribution in [-0.4, -0.2) is 25.0 Å². The van der Waals surface area contributed by atoms with Gasteiger partial charge in [-0.2, -0.15) is 0 Å². The highest BCUT2D eigenvalue weighted by Crippen LogP contribution is 2.36. The topological polar surface area (TPSA) is 58.6 Å². The first-order valence-corrected chi connectivity index (χ1v) is 9.36. The number of nitrogens with zero attached hydrogens (tertiary/aromatic N) is 1. The zero-order valence-corrected chi connectivity index (χ0v) is 16.9. The molecule has 144 valence electrons. The molecule has 26 heavy (non-hydrogen) atoms. The number of hydrogen-bond acceptors (Lipinski definition) is 3. The Hall–Kier alpha value is -2.04. The van der Waals surface area contributed by atoms with Crippen molar-refractivity contribution in [3.63, 3.8) is 0 Å². The maximum atomic E-state index is 12.7. The molecule has 2 amide bonds. The number of amides is 2. The van der Waals surface area contributed by atoms with Crippen molar-refractivity contribution < 1.29 is 14.3 Å². The molecule has 5 heteroatoms. The highest BCUT2D eigenvalue weighted by atomic mass is 16.5. The van der Waals surface area contributed by atoms with E-state index in [9.17, 15) is 9.59 Å². The van der Waals surface area contributed by atoms with Gasteiger partial charge in [-0.3, -0.25) is 9.59 Å². The number of rotatable bonds is 4. The Labute approximate surface area is 157 Å². The molecule has 0 atom stereocenters. The standard InChI is InChI=1S/C21H32N2O3/c1-20(2,3)11-7-8-18(24)22-15-9-10-17-16(14-15)23(12-13-26-17)19(25)21(4,5)6/h9-10,14H,7-8,11-13H2,1-6H3,(H,22,24). The quantitative estimate of drug-likeness (QED) is 0.853. The SMILES string of the molecule is CC(C)(C)CCCC(=O)Nc1ccc2c(c1)N(C(=O)C(C)(C)C)CCO2. The average Bonchev–Trinajstić information content (AvgIpc) is 2.51. The van der Waals surface area contributed by atoms with Crippen LogP contribution in [0.5, 0.6) is 5.75 Å². The fraction of sp³-hybridized carbons (Fsp3) is 0.619. The molecule has 1 heterocycles. The lowest BCUT2D eigenvalue weighted by Gasteiger charge is -2.34. The third kappa shape index (κ3) is 5.48. The van der Waals surface area contributed by atoms with Crippen LogP contribution in [0.15, 0.2) is 18.2 Å². The average molecular weight is 360 g/mol.